The Kier molecular flexibility index (Phi) is 3.82. The summed E-state index contributed by atoms with van der Waals surface area (Å²) in [7, 11) is -3.43. The van der Waals surface area contributed by atoms with E-state index in [1.54, 1.807) is 12.1 Å². The number of nitrogens with zero attached hydrogens (tertiary/aromatic N) is 1. The molecule has 0 radical (unpaired) electrons. The third-order valence-electron chi connectivity index (χ3n) is 3.17. The highest BCUT2D eigenvalue weighted by molar-refractivity contribution is 7.90. The standard InChI is InChI=1S/C13H13NO6S/c1-21(19,20)7-6-10(13(17)18)14-11(15)8-4-2-3-5-9(8)12(14)16/h2-5,10H,6-7H2,1H3,(H,17,18)/p-1/t10-/m1/s1. The van der Waals surface area contributed by atoms with Crippen LogP contribution in [0, 0.1) is 0 Å². The summed E-state index contributed by atoms with van der Waals surface area (Å²) in [5, 5.41) is 11.2. The number of sulfone groups is 1. The maximum absolute atomic E-state index is 12.1. The number of carboxylic acids is 1. The minimum Gasteiger partial charge on any atom is -0.548 e. The third kappa shape index (κ3) is 2.94. The van der Waals surface area contributed by atoms with Crippen molar-refractivity contribution < 1.29 is 27.9 Å². The summed E-state index contributed by atoms with van der Waals surface area (Å²) in [5.41, 5.74) is 0.209. The molecule has 21 heavy (non-hydrogen) atoms. The van der Waals surface area contributed by atoms with Crippen LogP contribution in [0.3, 0.4) is 0 Å². The number of carbonyl (C=O) groups is 3. The van der Waals surface area contributed by atoms with Crippen molar-refractivity contribution in [1.29, 1.82) is 0 Å². The number of fused-ring (bicyclic) bond motifs is 1. The van der Waals surface area contributed by atoms with Gasteiger partial charge in [0.2, 0.25) is 0 Å². The first kappa shape index (κ1) is 15.2. The van der Waals surface area contributed by atoms with Gasteiger partial charge in [0.25, 0.3) is 11.8 Å². The topological polar surface area (TPSA) is 112 Å². The van der Waals surface area contributed by atoms with E-state index in [4.69, 9.17) is 0 Å². The molecule has 0 unspecified atom stereocenters. The van der Waals surface area contributed by atoms with Crippen molar-refractivity contribution in [2.75, 3.05) is 12.0 Å². The van der Waals surface area contributed by atoms with Gasteiger partial charge in [-0.25, -0.2) is 8.42 Å². The zero-order chi connectivity index (χ0) is 15.8. The summed E-state index contributed by atoms with van der Waals surface area (Å²) in [6.07, 6.45) is 0.550. The fraction of sp³-hybridized carbons (Fsp3) is 0.308. The first-order valence-electron chi connectivity index (χ1n) is 6.08. The smallest absolute Gasteiger partial charge is 0.262 e. The molecule has 1 aliphatic rings. The fourth-order valence-electron chi connectivity index (χ4n) is 2.17. The Morgan fingerprint density at radius 2 is 1.67 bits per heavy atom. The van der Waals surface area contributed by atoms with Crippen LogP contribution in [0.25, 0.3) is 0 Å². The van der Waals surface area contributed by atoms with Gasteiger partial charge in [0.15, 0.2) is 0 Å². The van der Waals surface area contributed by atoms with E-state index < -0.39 is 45.8 Å². The number of carbonyl (C=O) groups excluding carboxylic acids is 3. The number of hydrogen-bond acceptors (Lipinski definition) is 6. The summed E-state index contributed by atoms with van der Waals surface area (Å²) in [5.74, 6) is -3.62. The number of rotatable bonds is 5. The van der Waals surface area contributed by atoms with E-state index in [1.807, 2.05) is 0 Å². The number of imide groups is 1. The van der Waals surface area contributed by atoms with Crippen molar-refractivity contribution in [1.82, 2.24) is 4.90 Å². The van der Waals surface area contributed by atoms with Crippen molar-refractivity contribution in [2.45, 2.75) is 12.5 Å². The van der Waals surface area contributed by atoms with Gasteiger partial charge in [-0.2, -0.15) is 0 Å². The minimum atomic E-state index is -3.43. The number of benzene rings is 1. The Morgan fingerprint density at radius 1 is 1.19 bits per heavy atom. The van der Waals surface area contributed by atoms with Gasteiger partial charge in [0, 0.05) is 6.26 Å². The maximum Gasteiger partial charge on any atom is 0.262 e. The lowest BCUT2D eigenvalue weighted by atomic mass is 10.1. The molecule has 112 valence electrons. The number of carboxylic acid groups (broad SMARTS) is 1. The highest BCUT2D eigenvalue weighted by atomic mass is 32.2. The van der Waals surface area contributed by atoms with Crippen LogP contribution >= 0.6 is 0 Å². The molecule has 0 saturated carbocycles. The van der Waals surface area contributed by atoms with E-state index in [2.05, 4.69) is 0 Å². The second-order valence-electron chi connectivity index (χ2n) is 4.78. The Balaban J connectivity index is 2.33. The Hall–Kier alpha value is -2.22. The Labute approximate surface area is 121 Å². The molecule has 0 N–H and O–H groups in total. The molecule has 1 atom stereocenters. The fourth-order valence-corrected chi connectivity index (χ4v) is 2.82. The van der Waals surface area contributed by atoms with E-state index in [-0.39, 0.29) is 11.1 Å². The molecule has 2 amide bonds. The average molecular weight is 310 g/mol. The van der Waals surface area contributed by atoms with Gasteiger partial charge in [-0.1, -0.05) is 12.1 Å². The van der Waals surface area contributed by atoms with Gasteiger partial charge >= 0.3 is 0 Å². The molecular weight excluding hydrogens is 298 g/mol. The number of hydrogen-bond donors (Lipinski definition) is 0. The van der Waals surface area contributed by atoms with E-state index >= 15 is 0 Å². The lowest BCUT2D eigenvalue weighted by molar-refractivity contribution is -0.310. The molecule has 0 saturated heterocycles. The summed E-state index contributed by atoms with van der Waals surface area (Å²) in [6, 6.07) is 4.33. The number of amides is 2. The van der Waals surface area contributed by atoms with Gasteiger partial charge in [-0.15, -0.1) is 0 Å². The van der Waals surface area contributed by atoms with Crippen molar-refractivity contribution in [3.8, 4) is 0 Å². The minimum absolute atomic E-state index is 0.105. The van der Waals surface area contributed by atoms with E-state index in [0.717, 1.165) is 6.26 Å². The lowest BCUT2D eigenvalue weighted by Gasteiger charge is -2.26. The van der Waals surface area contributed by atoms with Crippen LogP contribution in [0.2, 0.25) is 0 Å². The molecule has 1 heterocycles. The second-order valence-corrected chi connectivity index (χ2v) is 7.04. The van der Waals surface area contributed by atoms with E-state index in [0.29, 0.717) is 4.90 Å². The largest absolute Gasteiger partial charge is 0.548 e. The predicted octanol–water partition coefficient (Wildman–Crippen LogP) is -1.16. The van der Waals surface area contributed by atoms with E-state index in [9.17, 15) is 27.9 Å². The summed E-state index contributed by atoms with van der Waals surface area (Å²) < 4.78 is 22.3. The first-order valence-corrected chi connectivity index (χ1v) is 8.14. The molecule has 8 heteroatoms. The van der Waals surface area contributed by atoms with Crippen molar-refractivity contribution >= 4 is 27.6 Å². The molecule has 0 fully saturated rings. The maximum atomic E-state index is 12.1. The lowest BCUT2D eigenvalue weighted by Crippen LogP contribution is -2.51. The van der Waals surface area contributed by atoms with Crippen LogP contribution in [0.1, 0.15) is 27.1 Å². The molecule has 1 aromatic rings. The molecule has 2 rings (SSSR count). The second kappa shape index (κ2) is 5.28. The summed E-state index contributed by atoms with van der Waals surface area (Å²) in [6.45, 7) is 0. The zero-order valence-corrected chi connectivity index (χ0v) is 11.9. The SMILES string of the molecule is CS(=O)(=O)CC[C@H](C(=O)[O-])N1C(=O)c2ccccc2C1=O. The molecule has 1 aliphatic heterocycles. The molecule has 0 aromatic heterocycles. The molecule has 7 nitrogen and oxygen atoms in total. The van der Waals surface area contributed by atoms with Crippen LogP contribution in [-0.2, 0) is 14.6 Å². The van der Waals surface area contributed by atoms with Crippen LogP contribution in [-0.4, -0.2) is 49.2 Å². The summed E-state index contributed by atoms with van der Waals surface area (Å²) >= 11 is 0. The normalized spacial score (nSPS) is 16.0. The zero-order valence-electron chi connectivity index (χ0n) is 11.1. The Morgan fingerprint density at radius 3 is 2.05 bits per heavy atom. The van der Waals surface area contributed by atoms with Gasteiger partial charge in [0.05, 0.1) is 28.9 Å². The first-order chi connectivity index (χ1) is 9.72. The van der Waals surface area contributed by atoms with Crippen molar-refractivity contribution in [2.24, 2.45) is 0 Å². The highest BCUT2D eigenvalue weighted by Gasteiger charge is 2.40. The van der Waals surface area contributed by atoms with Gasteiger partial charge < -0.3 is 9.90 Å². The average Bonchev–Trinajstić information content (AvgIpc) is 2.63. The quantitative estimate of drug-likeness (QED) is 0.634. The highest BCUT2D eigenvalue weighted by Crippen LogP contribution is 2.25. The molecular formula is C13H12NO6S-. The molecule has 1 aromatic carbocycles. The van der Waals surface area contributed by atoms with Gasteiger partial charge in [-0.3, -0.25) is 14.5 Å². The van der Waals surface area contributed by atoms with Gasteiger partial charge in [-0.05, 0) is 18.6 Å². The third-order valence-corrected chi connectivity index (χ3v) is 4.15. The van der Waals surface area contributed by atoms with Crippen LogP contribution < -0.4 is 5.11 Å². The van der Waals surface area contributed by atoms with E-state index in [1.165, 1.54) is 12.1 Å². The van der Waals surface area contributed by atoms with Crippen molar-refractivity contribution in [3.05, 3.63) is 35.4 Å². The van der Waals surface area contributed by atoms with Crippen molar-refractivity contribution in [3.63, 3.8) is 0 Å². The van der Waals surface area contributed by atoms with Gasteiger partial charge in [0.1, 0.15) is 9.84 Å². The summed E-state index contributed by atoms with van der Waals surface area (Å²) in [4.78, 5) is 36.0. The Bertz CT molecular complexity index is 689. The van der Waals surface area contributed by atoms with Crippen LogP contribution in [0.5, 0.6) is 0 Å². The molecule has 0 bridgehead atoms. The van der Waals surface area contributed by atoms with Crippen LogP contribution in [0.15, 0.2) is 24.3 Å². The molecule has 0 spiro atoms. The monoisotopic (exact) mass is 310 g/mol. The predicted molar refractivity (Wildman–Crippen MR) is 70.1 cm³/mol. The number of aliphatic carboxylic acids is 1. The van der Waals surface area contributed by atoms with Crippen LogP contribution in [0.4, 0.5) is 0 Å². The molecule has 0 aliphatic carbocycles.